The number of nitrogens with zero attached hydrogens (tertiary/aromatic N) is 2. The Bertz CT molecular complexity index is 420. The van der Waals surface area contributed by atoms with Gasteiger partial charge in [0, 0.05) is 44.4 Å². The topological polar surface area (TPSA) is 41.7 Å². The Morgan fingerprint density at radius 1 is 1.20 bits per heavy atom. The van der Waals surface area contributed by atoms with Gasteiger partial charge in [0.1, 0.15) is 11.6 Å². The van der Waals surface area contributed by atoms with Crippen LogP contribution < -0.4 is 10.5 Å². The molecule has 0 radical (unpaired) electrons. The van der Waals surface area contributed by atoms with Gasteiger partial charge in [0.15, 0.2) is 0 Å². The highest BCUT2D eigenvalue weighted by Gasteiger charge is 2.17. The van der Waals surface area contributed by atoms with Gasteiger partial charge in [-0.3, -0.25) is 4.90 Å². The predicted molar refractivity (Wildman–Crippen MR) is 78.3 cm³/mol. The fourth-order valence-electron chi connectivity index (χ4n) is 2.51. The van der Waals surface area contributed by atoms with Crippen LogP contribution in [0.15, 0.2) is 18.2 Å². The third kappa shape index (κ3) is 4.16. The summed E-state index contributed by atoms with van der Waals surface area (Å²) < 4.78 is 18.9. The lowest BCUT2D eigenvalue weighted by Crippen LogP contribution is -2.46. The lowest BCUT2D eigenvalue weighted by molar-refractivity contribution is 0.125. The highest BCUT2D eigenvalue weighted by atomic mass is 19.1. The molecule has 0 unspecified atom stereocenters. The summed E-state index contributed by atoms with van der Waals surface area (Å²) in [7, 11) is 1.55. The second-order valence-corrected chi connectivity index (χ2v) is 5.22. The van der Waals surface area contributed by atoms with Gasteiger partial charge in [-0.15, -0.1) is 0 Å². The summed E-state index contributed by atoms with van der Waals surface area (Å²) in [6.07, 6.45) is 1.05. The number of benzene rings is 1. The van der Waals surface area contributed by atoms with Crippen molar-refractivity contribution in [1.82, 2.24) is 9.80 Å². The molecule has 1 aromatic rings. The lowest BCUT2D eigenvalue weighted by Gasteiger charge is -2.34. The van der Waals surface area contributed by atoms with Crippen molar-refractivity contribution < 1.29 is 9.13 Å². The highest BCUT2D eigenvalue weighted by Crippen LogP contribution is 2.18. The van der Waals surface area contributed by atoms with Gasteiger partial charge in [-0.1, -0.05) is 6.07 Å². The molecule has 0 spiro atoms. The first-order valence-electron chi connectivity index (χ1n) is 7.20. The lowest BCUT2D eigenvalue weighted by atomic mass is 10.1. The molecule has 2 N–H and O–H groups in total. The molecule has 1 aromatic carbocycles. The summed E-state index contributed by atoms with van der Waals surface area (Å²) in [5.74, 6) is 0.382. The zero-order valence-electron chi connectivity index (χ0n) is 12.1. The highest BCUT2D eigenvalue weighted by molar-refractivity contribution is 5.28. The van der Waals surface area contributed by atoms with Crippen molar-refractivity contribution in [3.05, 3.63) is 29.6 Å². The number of piperazine rings is 1. The van der Waals surface area contributed by atoms with Crippen molar-refractivity contribution in [1.29, 1.82) is 0 Å². The number of rotatable bonds is 6. The minimum absolute atomic E-state index is 0.185. The number of halogens is 1. The van der Waals surface area contributed by atoms with Crippen molar-refractivity contribution in [2.24, 2.45) is 5.73 Å². The molecule has 0 amide bonds. The van der Waals surface area contributed by atoms with E-state index in [1.165, 1.54) is 6.07 Å². The Hall–Kier alpha value is -1.17. The van der Waals surface area contributed by atoms with Gasteiger partial charge in [0.25, 0.3) is 0 Å². The maximum atomic E-state index is 13.9. The van der Waals surface area contributed by atoms with E-state index in [0.717, 1.165) is 51.3 Å². The molecule has 0 aromatic heterocycles. The van der Waals surface area contributed by atoms with Gasteiger partial charge in [0.2, 0.25) is 0 Å². The molecule has 1 fully saturated rings. The maximum absolute atomic E-state index is 13.9. The van der Waals surface area contributed by atoms with Crippen LogP contribution in [0, 0.1) is 5.82 Å². The van der Waals surface area contributed by atoms with Gasteiger partial charge < -0.3 is 15.4 Å². The minimum atomic E-state index is -0.185. The number of hydrogen-bond donors (Lipinski definition) is 1. The average Bonchev–Trinajstić information content (AvgIpc) is 2.48. The average molecular weight is 281 g/mol. The molecular formula is C15H24FN3O. The molecule has 0 saturated carbocycles. The summed E-state index contributed by atoms with van der Waals surface area (Å²) in [5, 5.41) is 0. The maximum Gasteiger partial charge on any atom is 0.131 e. The van der Waals surface area contributed by atoms with Crippen molar-refractivity contribution in [3.63, 3.8) is 0 Å². The second-order valence-electron chi connectivity index (χ2n) is 5.22. The molecule has 5 heteroatoms. The molecule has 1 saturated heterocycles. The summed E-state index contributed by atoms with van der Waals surface area (Å²) in [6, 6.07) is 5.08. The monoisotopic (exact) mass is 281 g/mol. The van der Waals surface area contributed by atoms with Gasteiger partial charge in [-0.2, -0.15) is 0 Å². The SMILES string of the molecule is COc1ccc(CN2CCN(CCCN)CC2)c(F)c1. The van der Waals surface area contributed by atoms with Crippen LogP contribution in [0.5, 0.6) is 5.75 Å². The molecule has 2 rings (SSSR count). The zero-order chi connectivity index (χ0) is 14.4. The van der Waals surface area contributed by atoms with E-state index >= 15 is 0 Å². The second kappa shape index (κ2) is 7.57. The number of ether oxygens (including phenoxy) is 1. The molecule has 20 heavy (non-hydrogen) atoms. The molecule has 112 valence electrons. The number of methoxy groups -OCH3 is 1. The van der Waals surface area contributed by atoms with Crippen LogP contribution in [0.2, 0.25) is 0 Å². The van der Waals surface area contributed by atoms with Crippen LogP contribution in [-0.2, 0) is 6.54 Å². The van der Waals surface area contributed by atoms with Crippen LogP contribution in [0.3, 0.4) is 0 Å². The first-order valence-corrected chi connectivity index (χ1v) is 7.20. The Kier molecular flexibility index (Phi) is 5.76. The van der Waals surface area contributed by atoms with E-state index in [-0.39, 0.29) is 5.82 Å². The molecule has 0 aliphatic carbocycles. The van der Waals surface area contributed by atoms with E-state index in [1.807, 2.05) is 12.1 Å². The van der Waals surface area contributed by atoms with Crippen LogP contribution in [0.1, 0.15) is 12.0 Å². The standard InChI is InChI=1S/C15H24FN3O/c1-20-14-4-3-13(15(16)11-14)12-19-9-7-18(8-10-19)6-2-5-17/h3-4,11H,2,5-10,12,17H2,1H3. The first-order chi connectivity index (χ1) is 9.72. The molecule has 0 atom stereocenters. The van der Waals surface area contributed by atoms with Gasteiger partial charge in [0.05, 0.1) is 7.11 Å². The molecule has 1 heterocycles. The first kappa shape index (κ1) is 15.2. The third-order valence-corrected chi connectivity index (χ3v) is 3.80. The van der Waals surface area contributed by atoms with Crippen molar-refractivity contribution in [2.45, 2.75) is 13.0 Å². The minimum Gasteiger partial charge on any atom is -0.497 e. The van der Waals surface area contributed by atoms with Crippen molar-refractivity contribution in [2.75, 3.05) is 46.4 Å². The zero-order valence-corrected chi connectivity index (χ0v) is 12.1. The Morgan fingerprint density at radius 2 is 1.90 bits per heavy atom. The quantitative estimate of drug-likeness (QED) is 0.853. The number of hydrogen-bond acceptors (Lipinski definition) is 4. The summed E-state index contributed by atoms with van der Waals surface area (Å²) in [5.41, 5.74) is 6.26. The van der Waals surface area contributed by atoms with E-state index in [2.05, 4.69) is 9.80 Å². The van der Waals surface area contributed by atoms with E-state index in [9.17, 15) is 4.39 Å². The fourth-order valence-corrected chi connectivity index (χ4v) is 2.51. The summed E-state index contributed by atoms with van der Waals surface area (Å²) in [6.45, 7) is 6.53. The van der Waals surface area contributed by atoms with Crippen LogP contribution in [0.25, 0.3) is 0 Å². The van der Waals surface area contributed by atoms with Crippen molar-refractivity contribution >= 4 is 0 Å². The van der Waals surface area contributed by atoms with E-state index in [0.29, 0.717) is 12.3 Å². The Balaban J connectivity index is 1.83. The Labute approximate surface area is 120 Å². The van der Waals surface area contributed by atoms with Crippen LogP contribution in [0.4, 0.5) is 4.39 Å². The molecule has 1 aliphatic heterocycles. The van der Waals surface area contributed by atoms with E-state index in [1.54, 1.807) is 7.11 Å². The van der Waals surface area contributed by atoms with Gasteiger partial charge >= 0.3 is 0 Å². The smallest absolute Gasteiger partial charge is 0.131 e. The van der Waals surface area contributed by atoms with Gasteiger partial charge in [-0.25, -0.2) is 4.39 Å². The molecule has 4 nitrogen and oxygen atoms in total. The summed E-state index contributed by atoms with van der Waals surface area (Å²) >= 11 is 0. The largest absolute Gasteiger partial charge is 0.497 e. The Morgan fingerprint density at radius 3 is 2.50 bits per heavy atom. The fraction of sp³-hybridized carbons (Fsp3) is 0.600. The van der Waals surface area contributed by atoms with Gasteiger partial charge in [-0.05, 0) is 25.6 Å². The third-order valence-electron chi connectivity index (χ3n) is 3.80. The van der Waals surface area contributed by atoms with Crippen LogP contribution in [-0.4, -0.2) is 56.2 Å². The van der Waals surface area contributed by atoms with E-state index in [4.69, 9.17) is 10.5 Å². The van der Waals surface area contributed by atoms with E-state index < -0.39 is 0 Å². The van der Waals surface area contributed by atoms with Crippen LogP contribution >= 0.6 is 0 Å². The van der Waals surface area contributed by atoms with Crippen molar-refractivity contribution in [3.8, 4) is 5.75 Å². The molecule has 0 bridgehead atoms. The normalized spacial score (nSPS) is 17.4. The molecular weight excluding hydrogens is 257 g/mol. The number of nitrogens with two attached hydrogens (primary N) is 1. The summed E-state index contributed by atoms with van der Waals surface area (Å²) in [4.78, 5) is 4.72. The molecule has 1 aliphatic rings. The predicted octanol–water partition coefficient (Wildman–Crippen LogP) is 1.30.